The first-order chi connectivity index (χ1) is 28.2. The SMILES string of the molecule is C=CCCCCCCCCCCCCCCCC(=O)O[C@H](COC(=O)CCCCCCCCCCCCCCCCCCCCCC)COP(=O)(O)OC[C@H](O)CO. The monoisotopic (exact) mass is 847 g/mol. The Labute approximate surface area is 356 Å². The molecule has 0 aromatic carbocycles. The highest BCUT2D eigenvalue weighted by Crippen LogP contribution is 2.43. The number of rotatable bonds is 47. The van der Waals surface area contributed by atoms with Crippen LogP contribution in [0.4, 0.5) is 0 Å². The average molecular weight is 847 g/mol. The largest absolute Gasteiger partial charge is 0.472 e. The van der Waals surface area contributed by atoms with Crippen LogP contribution in [0.3, 0.4) is 0 Å². The Morgan fingerprint density at radius 3 is 1.26 bits per heavy atom. The molecule has 10 nitrogen and oxygen atoms in total. The fourth-order valence-corrected chi connectivity index (χ4v) is 7.88. The Morgan fingerprint density at radius 2 is 0.879 bits per heavy atom. The molecule has 0 radical (unpaired) electrons. The number of hydrogen-bond donors (Lipinski definition) is 3. The molecule has 3 atom stereocenters. The van der Waals surface area contributed by atoms with Crippen molar-refractivity contribution in [1.29, 1.82) is 0 Å². The number of esters is 2. The fourth-order valence-electron chi connectivity index (χ4n) is 7.09. The van der Waals surface area contributed by atoms with E-state index in [9.17, 15) is 24.2 Å². The molecule has 0 aromatic rings. The van der Waals surface area contributed by atoms with Crippen LogP contribution in [-0.2, 0) is 32.7 Å². The van der Waals surface area contributed by atoms with Crippen molar-refractivity contribution in [3.63, 3.8) is 0 Å². The van der Waals surface area contributed by atoms with Gasteiger partial charge in [-0.1, -0.05) is 206 Å². The summed E-state index contributed by atoms with van der Waals surface area (Å²) in [5, 5.41) is 18.4. The van der Waals surface area contributed by atoms with E-state index in [1.807, 2.05) is 6.08 Å². The van der Waals surface area contributed by atoms with E-state index in [-0.39, 0.29) is 19.4 Å². The van der Waals surface area contributed by atoms with Gasteiger partial charge in [0.15, 0.2) is 6.10 Å². The maximum atomic E-state index is 12.6. The summed E-state index contributed by atoms with van der Waals surface area (Å²) >= 11 is 0. The van der Waals surface area contributed by atoms with Crippen LogP contribution in [0.2, 0.25) is 0 Å². The summed E-state index contributed by atoms with van der Waals surface area (Å²) in [6.45, 7) is 3.95. The van der Waals surface area contributed by atoms with E-state index in [1.54, 1.807) is 0 Å². The summed E-state index contributed by atoms with van der Waals surface area (Å²) in [4.78, 5) is 35.1. The van der Waals surface area contributed by atoms with Gasteiger partial charge in [0.1, 0.15) is 12.7 Å². The van der Waals surface area contributed by atoms with Gasteiger partial charge in [0.25, 0.3) is 0 Å². The number of aliphatic hydroxyl groups is 2. The number of carbonyl (C=O) groups is 2. The smallest absolute Gasteiger partial charge is 0.462 e. The molecule has 0 amide bonds. The zero-order valence-electron chi connectivity index (χ0n) is 37.4. The minimum absolute atomic E-state index is 0.187. The summed E-state index contributed by atoms with van der Waals surface area (Å²) in [6.07, 6.45) is 42.1. The molecule has 11 heteroatoms. The standard InChI is InChI=1S/C47H91O10P/c1-3-5-7-9-11-13-15-17-19-20-21-22-23-25-26-28-30-32-34-36-38-46(50)54-42-45(43-56-58(52,53)55-41-44(49)40-48)57-47(51)39-37-35-33-31-29-27-24-18-16-14-12-10-8-6-4-2/h4,44-45,48-49H,2-3,5-43H2,1H3,(H,52,53)/t44-,45-/m1/s1. The van der Waals surface area contributed by atoms with Gasteiger partial charge in [-0.05, 0) is 25.7 Å². The molecule has 0 aliphatic carbocycles. The van der Waals surface area contributed by atoms with E-state index >= 15 is 0 Å². The molecule has 0 rings (SSSR count). The van der Waals surface area contributed by atoms with Crippen molar-refractivity contribution in [2.75, 3.05) is 26.4 Å². The van der Waals surface area contributed by atoms with Gasteiger partial charge in [-0.3, -0.25) is 18.6 Å². The predicted molar refractivity (Wildman–Crippen MR) is 238 cm³/mol. The molecule has 58 heavy (non-hydrogen) atoms. The Hall–Kier alpha value is -1.29. The number of allylic oxidation sites excluding steroid dienone is 1. The zero-order valence-corrected chi connectivity index (χ0v) is 38.3. The normalized spacial score (nSPS) is 13.6. The molecule has 0 aliphatic heterocycles. The Balaban J connectivity index is 4.14. The van der Waals surface area contributed by atoms with E-state index in [2.05, 4.69) is 13.5 Å². The maximum absolute atomic E-state index is 12.6. The van der Waals surface area contributed by atoms with Crippen LogP contribution in [0, 0.1) is 0 Å². The first kappa shape index (κ1) is 56.7. The summed E-state index contributed by atoms with van der Waals surface area (Å²) in [7, 11) is -4.61. The quantitative estimate of drug-likeness (QED) is 0.0234. The van der Waals surface area contributed by atoms with Gasteiger partial charge in [-0.15, -0.1) is 6.58 Å². The van der Waals surface area contributed by atoms with Crippen LogP contribution in [0.5, 0.6) is 0 Å². The lowest BCUT2D eigenvalue weighted by atomic mass is 10.0. The van der Waals surface area contributed by atoms with Gasteiger partial charge >= 0.3 is 19.8 Å². The summed E-state index contributed by atoms with van der Waals surface area (Å²) < 4.78 is 32.8. The van der Waals surface area contributed by atoms with Crippen molar-refractivity contribution in [1.82, 2.24) is 0 Å². The first-order valence-corrected chi connectivity index (χ1v) is 25.6. The average Bonchev–Trinajstić information content (AvgIpc) is 3.21. The van der Waals surface area contributed by atoms with Crippen molar-refractivity contribution < 1.29 is 47.8 Å². The number of phosphoric acid groups is 1. The van der Waals surface area contributed by atoms with Gasteiger partial charge in [-0.25, -0.2) is 4.57 Å². The number of unbranched alkanes of at least 4 members (excludes halogenated alkanes) is 32. The molecule has 0 spiro atoms. The lowest BCUT2D eigenvalue weighted by molar-refractivity contribution is -0.161. The highest BCUT2D eigenvalue weighted by atomic mass is 31.2. The molecule has 1 unspecified atom stereocenters. The van der Waals surface area contributed by atoms with Crippen molar-refractivity contribution in [3.05, 3.63) is 12.7 Å². The van der Waals surface area contributed by atoms with E-state index in [0.29, 0.717) is 12.8 Å². The van der Waals surface area contributed by atoms with Crippen LogP contribution in [0.15, 0.2) is 12.7 Å². The van der Waals surface area contributed by atoms with E-state index in [0.717, 1.165) is 38.5 Å². The third-order valence-corrected chi connectivity index (χ3v) is 11.8. The van der Waals surface area contributed by atoms with E-state index in [4.69, 9.17) is 23.6 Å². The lowest BCUT2D eigenvalue weighted by Gasteiger charge is -2.20. The highest BCUT2D eigenvalue weighted by Gasteiger charge is 2.27. The molecule has 0 aliphatic rings. The molecule has 0 aromatic heterocycles. The lowest BCUT2D eigenvalue weighted by Crippen LogP contribution is -2.29. The topological polar surface area (TPSA) is 149 Å². The second-order valence-corrected chi connectivity index (χ2v) is 18.0. The van der Waals surface area contributed by atoms with Gasteiger partial charge in [0, 0.05) is 12.8 Å². The Kier molecular flexibility index (Phi) is 42.8. The van der Waals surface area contributed by atoms with Crippen LogP contribution >= 0.6 is 7.82 Å². The Morgan fingerprint density at radius 1 is 0.534 bits per heavy atom. The number of hydrogen-bond acceptors (Lipinski definition) is 9. The molecule has 0 heterocycles. The molecule has 344 valence electrons. The maximum Gasteiger partial charge on any atom is 0.472 e. The molecule has 0 saturated heterocycles. The van der Waals surface area contributed by atoms with Crippen molar-refractivity contribution >= 4 is 19.8 Å². The predicted octanol–water partition coefficient (Wildman–Crippen LogP) is 13.2. The van der Waals surface area contributed by atoms with Crippen LogP contribution in [0.1, 0.15) is 238 Å². The molecular formula is C47H91O10P. The van der Waals surface area contributed by atoms with Crippen molar-refractivity contribution in [2.24, 2.45) is 0 Å². The van der Waals surface area contributed by atoms with Gasteiger partial charge in [-0.2, -0.15) is 0 Å². The Bertz CT molecular complexity index is 964. The van der Waals surface area contributed by atoms with E-state index in [1.165, 1.54) is 167 Å². The summed E-state index contributed by atoms with van der Waals surface area (Å²) in [6, 6.07) is 0. The van der Waals surface area contributed by atoms with Crippen LogP contribution < -0.4 is 0 Å². The summed E-state index contributed by atoms with van der Waals surface area (Å²) in [5.41, 5.74) is 0. The zero-order chi connectivity index (χ0) is 42.6. The van der Waals surface area contributed by atoms with Gasteiger partial charge < -0.3 is 24.6 Å². The number of phosphoric ester groups is 1. The molecule has 0 saturated carbocycles. The fraction of sp³-hybridized carbons (Fsp3) is 0.915. The molecule has 3 N–H and O–H groups in total. The second-order valence-electron chi connectivity index (χ2n) is 16.6. The highest BCUT2D eigenvalue weighted by molar-refractivity contribution is 7.47. The molecule has 0 fully saturated rings. The van der Waals surface area contributed by atoms with Crippen molar-refractivity contribution in [2.45, 2.75) is 250 Å². The van der Waals surface area contributed by atoms with Crippen LogP contribution in [-0.4, -0.2) is 65.7 Å². The molecular weight excluding hydrogens is 755 g/mol. The minimum atomic E-state index is -4.61. The second kappa shape index (κ2) is 43.8. The van der Waals surface area contributed by atoms with Gasteiger partial charge in [0.05, 0.1) is 19.8 Å². The van der Waals surface area contributed by atoms with E-state index < -0.39 is 51.8 Å². The number of ether oxygens (including phenoxy) is 2. The number of carbonyl (C=O) groups excluding carboxylic acids is 2. The molecule has 0 bridgehead atoms. The van der Waals surface area contributed by atoms with Crippen molar-refractivity contribution in [3.8, 4) is 0 Å². The minimum Gasteiger partial charge on any atom is -0.462 e. The van der Waals surface area contributed by atoms with Gasteiger partial charge in [0.2, 0.25) is 0 Å². The summed E-state index contributed by atoms with van der Waals surface area (Å²) in [5.74, 6) is -0.912. The first-order valence-electron chi connectivity index (χ1n) is 24.1. The van der Waals surface area contributed by atoms with Crippen LogP contribution in [0.25, 0.3) is 0 Å². The number of aliphatic hydroxyl groups excluding tert-OH is 2. The third kappa shape index (κ3) is 42.8. The third-order valence-electron chi connectivity index (χ3n) is 10.8.